The lowest BCUT2D eigenvalue weighted by atomic mass is 10.4. The second-order valence-corrected chi connectivity index (χ2v) is 4.13. The molecule has 0 saturated carbocycles. The Balaban J connectivity index is 2.22. The van der Waals surface area contributed by atoms with Crippen LogP contribution in [0.1, 0.15) is 28.7 Å². The number of amides is 1. The first-order chi connectivity index (χ1) is 7.25. The Hall–Kier alpha value is -0.940. The van der Waals surface area contributed by atoms with E-state index in [-0.39, 0.29) is 5.91 Å². The lowest BCUT2D eigenvalue weighted by Crippen LogP contribution is -2.32. The Morgan fingerprint density at radius 1 is 1.47 bits per heavy atom. The lowest BCUT2D eigenvalue weighted by Gasteiger charge is -2.04. The molecule has 1 amide bonds. The van der Waals surface area contributed by atoms with Crippen molar-refractivity contribution in [3.8, 4) is 0 Å². The number of carbonyl (C=O) groups is 1. The van der Waals surface area contributed by atoms with Gasteiger partial charge in [-0.1, -0.05) is 6.92 Å². The highest BCUT2D eigenvalue weighted by Crippen LogP contribution is 2.10. The minimum absolute atomic E-state index is 0.0201. The summed E-state index contributed by atoms with van der Waals surface area (Å²) in [4.78, 5) is 16.3. The molecule has 1 aromatic heterocycles. The number of nitrogens with one attached hydrogen (secondary N) is 2. The fraction of sp³-hybridized carbons (Fsp3) is 0.600. The molecule has 2 N–H and O–H groups in total. The Kier molecular flexibility index (Phi) is 5.28. The molecule has 0 aliphatic rings. The molecule has 0 radical (unpaired) electrons. The zero-order chi connectivity index (χ0) is 11.1. The van der Waals surface area contributed by atoms with E-state index in [1.165, 1.54) is 11.3 Å². The quantitative estimate of drug-likeness (QED) is 0.718. The van der Waals surface area contributed by atoms with Gasteiger partial charge in [-0.05, 0) is 19.9 Å². The molecule has 0 saturated heterocycles. The summed E-state index contributed by atoms with van der Waals surface area (Å²) >= 11 is 1.38. The maximum atomic E-state index is 11.6. The predicted molar refractivity (Wildman–Crippen MR) is 62.3 cm³/mol. The van der Waals surface area contributed by atoms with Crippen LogP contribution in [-0.4, -0.2) is 30.5 Å². The molecule has 0 aliphatic carbocycles. The minimum atomic E-state index is -0.0201. The van der Waals surface area contributed by atoms with E-state index in [2.05, 4.69) is 22.5 Å². The number of aromatic nitrogens is 1. The first kappa shape index (κ1) is 12.1. The summed E-state index contributed by atoms with van der Waals surface area (Å²) in [7, 11) is 0. The normalized spacial score (nSPS) is 10.3. The second kappa shape index (κ2) is 6.53. The molecule has 4 nitrogen and oxygen atoms in total. The van der Waals surface area contributed by atoms with Crippen LogP contribution in [0.2, 0.25) is 0 Å². The number of carbonyl (C=O) groups excluding carboxylic acids is 1. The van der Waals surface area contributed by atoms with Gasteiger partial charge in [0.25, 0.3) is 5.91 Å². The Bertz CT molecular complexity index is 311. The fourth-order valence-electron chi connectivity index (χ4n) is 1.17. The van der Waals surface area contributed by atoms with Crippen LogP contribution in [0.15, 0.2) is 5.51 Å². The lowest BCUT2D eigenvalue weighted by molar-refractivity contribution is 0.0957. The molecule has 0 unspecified atom stereocenters. The van der Waals surface area contributed by atoms with Crippen LogP contribution in [0, 0.1) is 6.92 Å². The molecule has 1 rings (SSSR count). The van der Waals surface area contributed by atoms with E-state index in [4.69, 9.17) is 0 Å². The highest BCUT2D eigenvalue weighted by molar-refractivity contribution is 7.11. The highest BCUT2D eigenvalue weighted by Gasteiger charge is 2.09. The number of rotatable bonds is 6. The number of hydrogen-bond acceptors (Lipinski definition) is 4. The standard InChI is InChI=1S/C10H17N3OS/c1-3-4-11-5-6-12-10(14)9-8(2)13-7-15-9/h7,11H,3-6H2,1-2H3,(H,12,14). The van der Waals surface area contributed by atoms with Crippen molar-refractivity contribution < 1.29 is 4.79 Å². The largest absolute Gasteiger partial charge is 0.350 e. The smallest absolute Gasteiger partial charge is 0.263 e. The number of aryl methyl sites for hydroxylation is 1. The maximum absolute atomic E-state index is 11.6. The van der Waals surface area contributed by atoms with Gasteiger partial charge in [0, 0.05) is 13.1 Å². The molecule has 0 aliphatic heterocycles. The molecule has 0 bridgehead atoms. The van der Waals surface area contributed by atoms with Crippen molar-refractivity contribution in [2.24, 2.45) is 0 Å². The predicted octanol–water partition coefficient (Wildman–Crippen LogP) is 1.18. The minimum Gasteiger partial charge on any atom is -0.350 e. The third-order valence-electron chi connectivity index (χ3n) is 1.97. The van der Waals surface area contributed by atoms with Crippen molar-refractivity contribution in [2.75, 3.05) is 19.6 Å². The summed E-state index contributed by atoms with van der Waals surface area (Å²) in [6.07, 6.45) is 1.11. The topological polar surface area (TPSA) is 54.0 Å². The number of thiazole rings is 1. The second-order valence-electron chi connectivity index (χ2n) is 3.27. The van der Waals surface area contributed by atoms with E-state index in [0.717, 1.165) is 25.2 Å². The van der Waals surface area contributed by atoms with Crippen molar-refractivity contribution in [1.29, 1.82) is 0 Å². The zero-order valence-corrected chi connectivity index (χ0v) is 9.99. The Morgan fingerprint density at radius 2 is 2.27 bits per heavy atom. The number of hydrogen-bond donors (Lipinski definition) is 2. The summed E-state index contributed by atoms with van der Waals surface area (Å²) in [6.45, 7) is 6.44. The highest BCUT2D eigenvalue weighted by atomic mass is 32.1. The van der Waals surface area contributed by atoms with Crippen LogP contribution in [-0.2, 0) is 0 Å². The van der Waals surface area contributed by atoms with E-state index < -0.39 is 0 Å². The number of nitrogens with zero attached hydrogens (tertiary/aromatic N) is 1. The first-order valence-electron chi connectivity index (χ1n) is 5.14. The molecule has 0 spiro atoms. The third kappa shape index (κ3) is 3.97. The summed E-state index contributed by atoms with van der Waals surface area (Å²) in [6, 6.07) is 0. The van der Waals surface area contributed by atoms with Gasteiger partial charge in [-0.2, -0.15) is 0 Å². The average Bonchev–Trinajstić information content (AvgIpc) is 2.64. The van der Waals surface area contributed by atoms with Gasteiger partial charge < -0.3 is 10.6 Å². The van der Waals surface area contributed by atoms with Gasteiger partial charge in [-0.15, -0.1) is 11.3 Å². The van der Waals surface area contributed by atoms with Crippen LogP contribution in [0.4, 0.5) is 0 Å². The summed E-state index contributed by atoms with van der Waals surface area (Å²) in [5, 5.41) is 6.08. The molecule has 84 valence electrons. The molecule has 1 heterocycles. The molecule has 0 fully saturated rings. The van der Waals surface area contributed by atoms with Gasteiger partial charge in [0.15, 0.2) is 0 Å². The van der Waals surface area contributed by atoms with Crippen LogP contribution in [0.25, 0.3) is 0 Å². The van der Waals surface area contributed by atoms with Crippen molar-refractivity contribution in [2.45, 2.75) is 20.3 Å². The van der Waals surface area contributed by atoms with E-state index in [0.29, 0.717) is 11.4 Å². The van der Waals surface area contributed by atoms with Gasteiger partial charge in [-0.25, -0.2) is 4.98 Å². The van der Waals surface area contributed by atoms with Gasteiger partial charge >= 0.3 is 0 Å². The van der Waals surface area contributed by atoms with E-state index in [1.54, 1.807) is 5.51 Å². The summed E-state index contributed by atoms with van der Waals surface area (Å²) in [5.41, 5.74) is 2.50. The monoisotopic (exact) mass is 227 g/mol. The van der Waals surface area contributed by atoms with Gasteiger partial charge in [0.05, 0.1) is 11.2 Å². The maximum Gasteiger partial charge on any atom is 0.263 e. The zero-order valence-electron chi connectivity index (χ0n) is 9.17. The Labute approximate surface area is 94.1 Å². The van der Waals surface area contributed by atoms with Gasteiger partial charge in [0.1, 0.15) is 4.88 Å². The van der Waals surface area contributed by atoms with Crippen molar-refractivity contribution in [1.82, 2.24) is 15.6 Å². The summed E-state index contributed by atoms with van der Waals surface area (Å²) < 4.78 is 0. The van der Waals surface area contributed by atoms with Gasteiger partial charge in [-0.3, -0.25) is 4.79 Å². The molecule has 0 aromatic carbocycles. The SMILES string of the molecule is CCCNCCNC(=O)c1scnc1C. The summed E-state index contributed by atoms with van der Waals surface area (Å²) in [5.74, 6) is -0.0201. The van der Waals surface area contributed by atoms with E-state index >= 15 is 0 Å². The van der Waals surface area contributed by atoms with E-state index in [9.17, 15) is 4.79 Å². The van der Waals surface area contributed by atoms with E-state index in [1.807, 2.05) is 6.92 Å². The van der Waals surface area contributed by atoms with Crippen molar-refractivity contribution in [3.05, 3.63) is 16.1 Å². The molecule has 1 aromatic rings. The van der Waals surface area contributed by atoms with Crippen LogP contribution >= 0.6 is 11.3 Å². The van der Waals surface area contributed by atoms with Crippen LogP contribution < -0.4 is 10.6 Å². The molecule has 15 heavy (non-hydrogen) atoms. The fourth-order valence-corrected chi connectivity index (χ4v) is 1.89. The first-order valence-corrected chi connectivity index (χ1v) is 6.02. The average molecular weight is 227 g/mol. The Morgan fingerprint density at radius 3 is 2.87 bits per heavy atom. The van der Waals surface area contributed by atoms with Crippen molar-refractivity contribution in [3.63, 3.8) is 0 Å². The molecule has 0 atom stereocenters. The third-order valence-corrected chi connectivity index (χ3v) is 2.89. The van der Waals surface area contributed by atoms with Crippen molar-refractivity contribution >= 4 is 17.2 Å². The van der Waals surface area contributed by atoms with Gasteiger partial charge in [0.2, 0.25) is 0 Å². The molecular weight excluding hydrogens is 210 g/mol. The molecular formula is C10H17N3OS. The van der Waals surface area contributed by atoms with Crippen LogP contribution in [0.5, 0.6) is 0 Å². The molecule has 5 heteroatoms. The van der Waals surface area contributed by atoms with Crippen LogP contribution in [0.3, 0.4) is 0 Å².